The van der Waals surface area contributed by atoms with Gasteiger partial charge in [0.1, 0.15) is 24.6 Å². The summed E-state index contributed by atoms with van der Waals surface area (Å²) in [5.41, 5.74) is 0.861. The van der Waals surface area contributed by atoms with Crippen molar-refractivity contribution >= 4 is 45.8 Å². The fourth-order valence-electron chi connectivity index (χ4n) is 3.18. The van der Waals surface area contributed by atoms with Crippen LogP contribution in [0.1, 0.15) is 16.6 Å². The molecule has 0 amide bonds. The molecule has 3 aromatic rings. The SMILES string of the molecule is CSC(=O)O[C@H]1[C@H](F)[C@H](n2cnc3c(Cl)ncnc32)O[C@@H]1COC(=O)c1ccccc1. The molecular weight excluding hydrogens is 451 g/mol. The van der Waals surface area contributed by atoms with E-state index in [4.69, 9.17) is 25.8 Å². The minimum atomic E-state index is -1.78. The zero-order chi connectivity index (χ0) is 22.0. The van der Waals surface area contributed by atoms with Gasteiger partial charge in [-0.15, -0.1) is 0 Å². The molecular formula is C19H16ClFN4O5S. The van der Waals surface area contributed by atoms with Crippen molar-refractivity contribution in [2.45, 2.75) is 24.6 Å². The highest BCUT2D eigenvalue weighted by molar-refractivity contribution is 8.12. The maximum Gasteiger partial charge on any atom is 0.367 e. The van der Waals surface area contributed by atoms with Crippen molar-refractivity contribution in [3.8, 4) is 0 Å². The van der Waals surface area contributed by atoms with Crippen LogP contribution in [-0.4, -0.2) is 62.0 Å². The van der Waals surface area contributed by atoms with Crippen molar-refractivity contribution in [3.05, 3.63) is 53.7 Å². The Kier molecular flexibility index (Phi) is 6.35. The number of rotatable bonds is 5. The number of halogens is 2. The zero-order valence-corrected chi connectivity index (χ0v) is 17.6. The molecule has 4 rings (SSSR count). The van der Waals surface area contributed by atoms with Crippen molar-refractivity contribution in [3.63, 3.8) is 0 Å². The first-order valence-corrected chi connectivity index (χ1v) is 10.7. The second-order valence-electron chi connectivity index (χ2n) is 6.50. The lowest BCUT2D eigenvalue weighted by Crippen LogP contribution is -2.36. The largest absolute Gasteiger partial charge is 0.459 e. The van der Waals surface area contributed by atoms with Crippen molar-refractivity contribution < 1.29 is 28.2 Å². The van der Waals surface area contributed by atoms with Crippen molar-refractivity contribution in [2.24, 2.45) is 0 Å². The van der Waals surface area contributed by atoms with Crippen LogP contribution in [0.25, 0.3) is 11.2 Å². The van der Waals surface area contributed by atoms with E-state index in [-0.39, 0.29) is 22.9 Å². The average molecular weight is 467 g/mol. The molecule has 0 aliphatic carbocycles. The van der Waals surface area contributed by atoms with Gasteiger partial charge in [-0.3, -0.25) is 4.57 Å². The smallest absolute Gasteiger partial charge is 0.367 e. The summed E-state index contributed by atoms with van der Waals surface area (Å²) in [5, 5.41) is -0.576. The average Bonchev–Trinajstić information content (AvgIpc) is 3.35. The van der Waals surface area contributed by atoms with Crippen LogP contribution in [0.15, 0.2) is 43.0 Å². The minimum Gasteiger partial charge on any atom is -0.459 e. The number of carbonyl (C=O) groups is 2. The molecule has 31 heavy (non-hydrogen) atoms. The summed E-state index contributed by atoms with van der Waals surface area (Å²) in [4.78, 5) is 36.1. The summed E-state index contributed by atoms with van der Waals surface area (Å²) in [6.07, 6.45) is -1.31. The Morgan fingerprint density at radius 2 is 2.03 bits per heavy atom. The van der Waals surface area contributed by atoms with Gasteiger partial charge in [0.05, 0.1) is 11.9 Å². The van der Waals surface area contributed by atoms with E-state index in [0.29, 0.717) is 5.56 Å². The van der Waals surface area contributed by atoms with Crippen LogP contribution in [-0.2, 0) is 14.2 Å². The fraction of sp³-hybridized carbons (Fsp3) is 0.316. The number of imidazole rings is 1. The molecule has 3 heterocycles. The lowest BCUT2D eigenvalue weighted by molar-refractivity contribution is -0.0529. The topological polar surface area (TPSA) is 105 Å². The highest BCUT2D eigenvalue weighted by atomic mass is 35.5. The molecule has 0 N–H and O–H groups in total. The molecule has 9 nitrogen and oxygen atoms in total. The standard InChI is InChI=1S/C19H16ClFN4O5S/c1-31-19(27)30-14-11(7-28-18(26)10-5-3-2-4-6-10)29-17(12(14)21)25-9-24-13-15(20)22-8-23-16(13)25/h2-6,8-9,11-12,14,17H,7H2,1H3/t11-,12+,14-,17-/m1/s1. The van der Waals surface area contributed by atoms with Gasteiger partial charge in [-0.1, -0.05) is 29.8 Å². The van der Waals surface area contributed by atoms with E-state index in [9.17, 15) is 9.59 Å². The number of ether oxygens (including phenoxy) is 3. The Balaban J connectivity index is 1.56. The van der Waals surface area contributed by atoms with E-state index >= 15 is 4.39 Å². The summed E-state index contributed by atoms with van der Waals surface area (Å²) < 4.78 is 33.0. The Morgan fingerprint density at radius 1 is 1.26 bits per heavy atom. The molecule has 0 unspecified atom stereocenters. The molecule has 0 spiro atoms. The number of esters is 1. The summed E-state index contributed by atoms with van der Waals surface area (Å²) in [7, 11) is 0. The number of hydrogen-bond donors (Lipinski definition) is 0. The Morgan fingerprint density at radius 3 is 2.77 bits per heavy atom. The first-order valence-electron chi connectivity index (χ1n) is 9.09. The fourth-order valence-corrected chi connectivity index (χ4v) is 3.56. The number of alkyl halides is 1. The number of benzene rings is 1. The van der Waals surface area contributed by atoms with E-state index < -0.39 is 35.9 Å². The van der Waals surface area contributed by atoms with Gasteiger partial charge in [0, 0.05) is 0 Å². The summed E-state index contributed by atoms with van der Waals surface area (Å²) in [6.45, 7) is -0.320. The van der Waals surface area contributed by atoms with Gasteiger partial charge in [0.2, 0.25) is 0 Å². The number of aromatic nitrogens is 4. The van der Waals surface area contributed by atoms with E-state index in [1.54, 1.807) is 30.3 Å². The molecule has 0 radical (unpaired) electrons. The van der Waals surface area contributed by atoms with Crippen molar-refractivity contribution in [2.75, 3.05) is 12.9 Å². The Labute approximate surface area is 184 Å². The van der Waals surface area contributed by atoms with Crippen LogP contribution in [0.3, 0.4) is 0 Å². The molecule has 1 fully saturated rings. The van der Waals surface area contributed by atoms with Crippen LogP contribution in [0.4, 0.5) is 9.18 Å². The van der Waals surface area contributed by atoms with Crippen LogP contribution in [0.5, 0.6) is 0 Å². The molecule has 2 aromatic heterocycles. The molecule has 1 aromatic carbocycles. The lowest BCUT2D eigenvalue weighted by atomic mass is 10.1. The minimum absolute atomic E-state index is 0.107. The maximum atomic E-state index is 15.4. The van der Waals surface area contributed by atoms with Gasteiger partial charge >= 0.3 is 11.3 Å². The molecule has 162 valence electrons. The number of thioether (sulfide) groups is 1. The third-order valence-electron chi connectivity index (χ3n) is 4.64. The summed E-state index contributed by atoms with van der Waals surface area (Å²) >= 11 is 6.80. The first-order chi connectivity index (χ1) is 15.0. The molecule has 0 bridgehead atoms. The second kappa shape index (κ2) is 9.16. The molecule has 4 atom stereocenters. The Bertz CT molecular complexity index is 1100. The highest BCUT2D eigenvalue weighted by Crippen LogP contribution is 2.36. The van der Waals surface area contributed by atoms with E-state index in [0.717, 1.165) is 11.8 Å². The molecule has 1 aliphatic heterocycles. The Hall–Kier alpha value is -2.76. The summed E-state index contributed by atoms with van der Waals surface area (Å²) in [5.74, 6) is -0.606. The first kappa shape index (κ1) is 21.5. The third kappa shape index (κ3) is 4.34. The third-order valence-corrected chi connectivity index (χ3v) is 5.35. The predicted octanol–water partition coefficient (Wildman–Crippen LogP) is 3.44. The monoisotopic (exact) mass is 466 g/mol. The van der Waals surface area contributed by atoms with Gasteiger partial charge in [0.25, 0.3) is 0 Å². The number of nitrogens with zero attached hydrogens (tertiary/aromatic N) is 4. The maximum absolute atomic E-state index is 15.4. The number of hydrogen-bond acceptors (Lipinski definition) is 9. The molecule has 0 saturated carbocycles. The molecule has 1 aliphatic rings. The van der Waals surface area contributed by atoms with Gasteiger partial charge in [0.15, 0.2) is 29.3 Å². The lowest BCUT2D eigenvalue weighted by Gasteiger charge is -2.19. The van der Waals surface area contributed by atoms with Crippen LogP contribution < -0.4 is 0 Å². The van der Waals surface area contributed by atoms with Crippen molar-refractivity contribution in [1.29, 1.82) is 0 Å². The van der Waals surface area contributed by atoms with E-state index in [2.05, 4.69) is 15.0 Å². The van der Waals surface area contributed by atoms with E-state index in [1.165, 1.54) is 23.5 Å². The van der Waals surface area contributed by atoms with Gasteiger partial charge in [-0.25, -0.2) is 28.9 Å². The quantitative estimate of drug-likeness (QED) is 0.413. The van der Waals surface area contributed by atoms with Crippen LogP contribution in [0, 0.1) is 0 Å². The second-order valence-corrected chi connectivity index (χ2v) is 7.60. The zero-order valence-electron chi connectivity index (χ0n) is 16.1. The highest BCUT2D eigenvalue weighted by Gasteiger charge is 2.49. The van der Waals surface area contributed by atoms with Crippen LogP contribution in [0.2, 0.25) is 5.15 Å². The normalized spacial score (nSPS) is 23.1. The number of carbonyl (C=O) groups excluding carboxylic acids is 2. The molecule has 1 saturated heterocycles. The van der Waals surface area contributed by atoms with Gasteiger partial charge < -0.3 is 14.2 Å². The van der Waals surface area contributed by atoms with Crippen molar-refractivity contribution in [1.82, 2.24) is 19.5 Å². The van der Waals surface area contributed by atoms with Gasteiger partial charge in [-0.2, -0.15) is 0 Å². The van der Waals surface area contributed by atoms with Crippen LogP contribution >= 0.6 is 23.4 Å². The molecule has 12 heteroatoms. The van der Waals surface area contributed by atoms with E-state index in [1.807, 2.05) is 0 Å². The summed E-state index contributed by atoms with van der Waals surface area (Å²) in [6, 6.07) is 8.32. The number of fused-ring (bicyclic) bond motifs is 1. The predicted molar refractivity (Wildman–Crippen MR) is 110 cm³/mol. The van der Waals surface area contributed by atoms with Gasteiger partial charge in [-0.05, 0) is 30.2 Å².